The SMILES string of the molecule is C/C=C\C=C(/CC)[Si](c1ccccc1)(c1ccccc1)c1ccc(C2=CC3C4=C(CCC=C4)n4c(nc5ccccc54)C3C=C2)cc1. The Hall–Kier alpha value is -4.99. The number of hydrogen-bond donors (Lipinski definition) is 0. The highest BCUT2D eigenvalue weighted by atomic mass is 28.3. The summed E-state index contributed by atoms with van der Waals surface area (Å²) >= 11 is 0. The second-order valence-electron chi connectivity index (χ2n) is 12.8. The Balaban J connectivity index is 1.24. The Morgan fingerprint density at radius 2 is 1.49 bits per heavy atom. The molecule has 3 heteroatoms. The van der Waals surface area contributed by atoms with Crippen LogP contribution in [-0.2, 0) is 0 Å². The zero-order chi connectivity index (χ0) is 31.8. The molecule has 1 aromatic heterocycles. The molecule has 2 heterocycles. The number of fused-ring (bicyclic) bond motifs is 7. The van der Waals surface area contributed by atoms with Crippen LogP contribution in [0, 0.1) is 5.92 Å². The molecule has 8 rings (SSSR count). The number of benzene rings is 4. The Kier molecular flexibility index (Phi) is 7.71. The molecule has 0 bridgehead atoms. The first-order valence-corrected chi connectivity index (χ1v) is 19.1. The fourth-order valence-electron chi connectivity index (χ4n) is 8.23. The lowest BCUT2D eigenvalue weighted by Crippen LogP contribution is -2.68. The van der Waals surface area contributed by atoms with Crippen LogP contribution in [0.1, 0.15) is 50.4 Å². The van der Waals surface area contributed by atoms with Crippen LogP contribution in [0.25, 0.3) is 22.3 Å². The van der Waals surface area contributed by atoms with Crippen molar-refractivity contribution in [3.8, 4) is 0 Å². The molecule has 47 heavy (non-hydrogen) atoms. The van der Waals surface area contributed by atoms with Crippen molar-refractivity contribution in [3.05, 3.63) is 180 Å². The number of rotatable bonds is 7. The van der Waals surface area contributed by atoms with Gasteiger partial charge in [-0.05, 0) is 70.6 Å². The number of imidazole rings is 1. The van der Waals surface area contributed by atoms with Crippen LogP contribution >= 0.6 is 0 Å². The minimum absolute atomic E-state index is 0.229. The van der Waals surface area contributed by atoms with Crippen LogP contribution in [0.2, 0.25) is 0 Å². The van der Waals surface area contributed by atoms with Crippen molar-refractivity contribution in [2.24, 2.45) is 5.92 Å². The van der Waals surface area contributed by atoms with Gasteiger partial charge in [0.25, 0.3) is 0 Å². The predicted octanol–water partition coefficient (Wildman–Crippen LogP) is 8.89. The number of allylic oxidation sites excluding steroid dienone is 12. The van der Waals surface area contributed by atoms with Crippen molar-refractivity contribution in [1.29, 1.82) is 0 Å². The van der Waals surface area contributed by atoms with Crippen LogP contribution in [0.5, 0.6) is 0 Å². The molecule has 2 atom stereocenters. The molecule has 2 nitrogen and oxygen atoms in total. The van der Waals surface area contributed by atoms with Gasteiger partial charge >= 0.3 is 0 Å². The maximum absolute atomic E-state index is 5.19. The van der Waals surface area contributed by atoms with Crippen molar-refractivity contribution in [2.45, 2.75) is 39.0 Å². The van der Waals surface area contributed by atoms with Crippen LogP contribution in [0.15, 0.2) is 169 Å². The summed E-state index contributed by atoms with van der Waals surface area (Å²) in [6.45, 7) is 4.42. The van der Waals surface area contributed by atoms with Gasteiger partial charge in [0, 0.05) is 17.5 Å². The minimum atomic E-state index is -2.53. The Labute approximate surface area is 279 Å². The van der Waals surface area contributed by atoms with E-state index in [1.54, 1.807) is 0 Å². The van der Waals surface area contributed by atoms with Crippen molar-refractivity contribution in [2.75, 3.05) is 0 Å². The van der Waals surface area contributed by atoms with Gasteiger partial charge < -0.3 is 0 Å². The molecule has 0 radical (unpaired) electrons. The van der Waals surface area contributed by atoms with Crippen molar-refractivity contribution >= 4 is 45.9 Å². The summed E-state index contributed by atoms with van der Waals surface area (Å²) in [5.74, 6) is 1.68. The molecule has 0 saturated carbocycles. The molecule has 0 N–H and O–H groups in total. The summed E-state index contributed by atoms with van der Waals surface area (Å²) < 4.78 is 2.46. The molecular formula is C44H40N2Si. The van der Waals surface area contributed by atoms with E-state index >= 15 is 0 Å². The monoisotopic (exact) mass is 624 g/mol. The van der Waals surface area contributed by atoms with Gasteiger partial charge in [-0.25, -0.2) is 4.98 Å². The second kappa shape index (κ2) is 12.3. The molecule has 4 aromatic carbocycles. The first-order chi connectivity index (χ1) is 23.2. The lowest BCUT2D eigenvalue weighted by molar-refractivity contribution is 0.597. The fourth-order valence-corrected chi connectivity index (χ4v) is 13.3. The largest absolute Gasteiger partial charge is 0.299 e. The highest BCUT2D eigenvalue weighted by molar-refractivity contribution is 7.16. The van der Waals surface area contributed by atoms with Gasteiger partial charge in [-0.2, -0.15) is 0 Å². The van der Waals surface area contributed by atoms with E-state index < -0.39 is 8.07 Å². The lowest BCUT2D eigenvalue weighted by Gasteiger charge is -2.37. The van der Waals surface area contributed by atoms with Gasteiger partial charge in [0.1, 0.15) is 5.82 Å². The molecule has 0 spiro atoms. The maximum Gasteiger partial charge on any atom is 0.175 e. The molecule has 2 aliphatic carbocycles. The smallest absolute Gasteiger partial charge is 0.175 e. The van der Waals surface area contributed by atoms with Gasteiger partial charge in [0.05, 0.1) is 11.0 Å². The third-order valence-electron chi connectivity index (χ3n) is 10.3. The maximum atomic E-state index is 5.19. The molecule has 5 aromatic rings. The molecule has 0 amide bonds. The van der Waals surface area contributed by atoms with Crippen molar-refractivity contribution in [1.82, 2.24) is 9.55 Å². The van der Waals surface area contributed by atoms with E-state index in [0.717, 1.165) is 24.8 Å². The van der Waals surface area contributed by atoms with Gasteiger partial charge in [-0.1, -0.05) is 158 Å². The third-order valence-corrected chi connectivity index (χ3v) is 15.4. The van der Waals surface area contributed by atoms with E-state index in [1.165, 1.54) is 54.5 Å². The molecule has 3 aliphatic rings. The zero-order valence-corrected chi connectivity index (χ0v) is 28.2. The minimum Gasteiger partial charge on any atom is -0.299 e. The zero-order valence-electron chi connectivity index (χ0n) is 27.2. The molecule has 1 aliphatic heterocycles. The average molecular weight is 625 g/mol. The summed E-state index contributed by atoms with van der Waals surface area (Å²) in [6, 6.07) is 40.6. The lowest BCUT2D eigenvalue weighted by atomic mass is 9.75. The molecule has 2 unspecified atom stereocenters. The predicted molar refractivity (Wildman–Crippen MR) is 202 cm³/mol. The summed E-state index contributed by atoms with van der Waals surface area (Å²) in [5.41, 5.74) is 7.73. The summed E-state index contributed by atoms with van der Waals surface area (Å²) in [4.78, 5) is 5.19. The van der Waals surface area contributed by atoms with Gasteiger partial charge in [-0.15, -0.1) is 0 Å². The molecule has 0 saturated heterocycles. The molecule has 0 fully saturated rings. The normalized spacial score (nSPS) is 19.1. The van der Waals surface area contributed by atoms with Crippen LogP contribution in [0.3, 0.4) is 0 Å². The first kappa shape index (κ1) is 29.4. The molecule has 230 valence electrons. The Bertz CT molecular complexity index is 2080. The number of para-hydroxylation sites is 2. The highest BCUT2D eigenvalue weighted by Gasteiger charge is 2.42. The van der Waals surface area contributed by atoms with E-state index in [2.05, 4.69) is 176 Å². The van der Waals surface area contributed by atoms with E-state index in [1.807, 2.05) is 0 Å². The van der Waals surface area contributed by atoms with E-state index in [0.29, 0.717) is 0 Å². The number of nitrogens with zero attached hydrogens (tertiary/aromatic N) is 2. The standard InChI is InChI=1S/C44H40N2Si/c1-3-5-16-34(4-2)47(35-17-8-6-9-18-35,36-19-10-7-11-20-36)37-28-25-32(26-29-37)33-27-30-39-40(31-33)38-21-12-14-23-42(38)46-43-24-15-13-22-41(43)45-44(39)46/h3,5-13,15-22,24-31,39-40H,4,14,23H2,1-2H3/b5-3-,34-16+. The van der Waals surface area contributed by atoms with Gasteiger partial charge in [-0.3, -0.25) is 4.57 Å². The van der Waals surface area contributed by atoms with Crippen LogP contribution in [0.4, 0.5) is 0 Å². The fraction of sp³-hybridized carbons (Fsp3) is 0.159. The first-order valence-electron chi connectivity index (χ1n) is 17.1. The number of aromatic nitrogens is 2. The van der Waals surface area contributed by atoms with E-state index in [-0.39, 0.29) is 11.8 Å². The average Bonchev–Trinajstić information content (AvgIpc) is 3.54. The topological polar surface area (TPSA) is 17.8 Å². The number of hydrogen-bond acceptors (Lipinski definition) is 1. The summed E-state index contributed by atoms with van der Waals surface area (Å²) in [5, 5.41) is 5.77. The summed E-state index contributed by atoms with van der Waals surface area (Å²) in [7, 11) is -2.53. The Morgan fingerprint density at radius 1 is 0.809 bits per heavy atom. The van der Waals surface area contributed by atoms with Crippen molar-refractivity contribution < 1.29 is 0 Å². The van der Waals surface area contributed by atoms with Crippen LogP contribution < -0.4 is 15.6 Å². The molecular weight excluding hydrogens is 585 g/mol. The van der Waals surface area contributed by atoms with Gasteiger partial charge in [0.2, 0.25) is 0 Å². The van der Waals surface area contributed by atoms with Crippen LogP contribution in [-0.4, -0.2) is 17.6 Å². The highest BCUT2D eigenvalue weighted by Crippen LogP contribution is 2.48. The Morgan fingerprint density at radius 3 is 2.19 bits per heavy atom. The quantitative estimate of drug-likeness (QED) is 0.100. The van der Waals surface area contributed by atoms with E-state index in [4.69, 9.17) is 4.98 Å². The summed E-state index contributed by atoms with van der Waals surface area (Å²) in [6.07, 6.45) is 21.8. The second-order valence-corrected chi connectivity index (χ2v) is 16.7. The van der Waals surface area contributed by atoms with Gasteiger partial charge in [0.15, 0.2) is 8.07 Å². The van der Waals surface area contributed by atoms with E-state index in [9.17, 15) is 0 Å². The van der Waals surface area contributed by atoms with Crippen molar-refractivity contribution in [3.63, 3.8) is 0 Å². The third kappa shape index (κ3) is 4.80.